The van der Waals surface area contributed by atoms with Crippen LogP contribution in [-0.4, -0.2) is 68.8 Å². The van der Waals surface area contributed by atoms with Crippen LogP contribution in [0.25, 0.3) is 17.0 Å². The van der Waals surface area contributed by atoms with Crippen LogP contribution >= 0.6 is 0 Å². The van der Waals surface area contributed by atoms with Crippen molar-refractivity contribution in [3.05, 3.63) is 55.1 Å². The van der Waals surface area contributed by atoms with Crippen molar-refractivity contribution in [1.82, 2.24) is 29.5 Å². The molecule has 0 atom stereocenters. The van der Waals surface area contributed by atoms with Gasteiger partial charge in [-0.15, -0.1) is 0 Å². The van der Waals surface area contributed by atoms with E-state index in [0.717, 1.165) is 49.2 Å². The van der Waals surface area contributed by atoms with E-state index in [-0.39, 0.29) is 0 Å². The topological polar surface area (TPSA) is 83.7 Å². The van der Waals surface area contributed by atoms with Gasteiger partial charge in [-0.1, -0.05) is 0 Å². The summed E-state index contributed by atoms with van der Waals surface area (Å²) in [5.41, 5.74) is 4.61. The van der Waals surface area contributed by atoms with Gasteiger partial charge in [0.05, 0.1) is 13.3 Å². The Kier molecular flexibility index (Phi) is 5.03. The monoisotopic (exact) mass is 442 g/mol. The standard InChI is InChI=1S/C24H26N8O/c1-33-22-14-17(8-9-25-22)23-26-15-21(24-27-16-28-32(23)24)29-18-2-4-19(5-3-18)30-10-12-31(13-11-30)20-6-7-20/h2-5,8-9,14-16,20,29H,6-7,10-13H2,1H3. The van der Waals surface area contributed by atoms with Crippen LogP contribution in [-0.2, 0) is 0 Å². The SMILES string of the molecule is COc1cc(-c2ncc(Nc3ccc(N4CCN(C5CC5)CC4)cc3)c3ncnn23)ccn1. The first-order valence-corrected chi connectivity index (χ1v) is 11.3. The van der Waals surface area contributed by atoms with Crippen LogP contribution in [0.15, 0.2) is 55.1 Å². The first-order valence-electron chi connectivity index (χ1n) is 11.3. The molecule has 9 heteroatoms. The number of benzene rings is 1. The Morgan fingerprint density at radius 1 is 0.970 bits per heavy atom. The van der Waals surface area contributed by atoms with E-state index in [2.05, 4.69) is 59.4 Å². The number of anilines is 3. The van der Waals surface area contributed by atoms with Gasteiger partial charge in [-0.2, -0.15) is 9.61 Å². The smallest absolute Gasteiger partial charge is 0.213 e. The number of pyridine rings is 1. The van der Waals surface area contributed by atoms with Crippen molar-refractivity contribution in [1.29, 1.82) is 0 Å². The second-order valence-corrected chi connectivity index (χ2v) is 8.50. The number of aromatic nitrogens is 5. The fourth-order valence-corrected chi connectivity index (χ4v) is 4.46. The number of methoxy groups -OCH3 is 1. The van der Waals surface area contributed by atoms with Gasteiger partial charge in [0, 0.05) is 61.4 Å². The van der Waals surface area contributed by atoms with Gasteiger partial charge in [0.25, 0.3) is 0 Å². The first-order chi connectivity index (χ1) is 16.3. The largest absolute Gasteiger partial charge is 0.481 e. The van der Waals surface area contributed by atoms with E-state index >= 15 is 0 Å². The summed E-state index contributed by atoms with van der Waals surface area (Å²) < 4.78 is 6.97. The van der Waals surface area contributed by atoms with E-state index < -0.39 is 0 Å². The van der Waals surface area contributed by atoms with Crippen LogP contribution < -0.4 is 15.0 Å². The molecule has 3 aromatic heterocycles. The summed E-state index contributed by atoms with van der Waals surface area (Å²) in [4.78, 5) is 18.4. The Balaban J connectivity index is 1.20. The van der Waals surface area contributed by atoms with Gasteiger partial charge in [0.2, 0.25) is 5.88 Å². The van der Waals surface area contributed by atoms with Gasteiger partial charge in [-0.05, 0) is 43.2 Å². The van der Waals surface area contributed by atoms with E-state index in [9.17, 15) is 0 Å². The lowest BCUT2D eigenvalue weighted by Gasteiger charge is -2.36. The van der Waals surface area contributed by atoms with Gasteiger partial charge in [-0.25, -0.2) is 15.0 Å². The van der Waals surface area contributed by atoms with Crippen LogP contribution in [0.4, 0.5) is 17.1 Å². The Morgan fingerprint density at radius 3 is 2.55 bits per heavy atom. The second kappa shape index (κ2) is 8.32. The van der Waals surface area contributed by atoms with Gasteiger partial charge < -0.3 is 15.0 Å². The third-order valence-electron chi connectivity index (χ3n) is 6.40. The molecule has 1 aliphatic carbocycles. The van der Waals surface area contributed by atoms with Crippen LogP contribution in [0, 0.1) is 0 Å². The summed E-state index contributed by atoms with van der Waals surface area (Å²) in [6, 6.07) is 13.1. The zero-order chi connectivity index (χ0) is 22.2. The fraction of sp³-hybridized carbons (Fsp3) is 0.333. The summed E-state index contributed by atoms with van der Waals surface area (Å²) in [7, 11) is 1.59. The van der Waals surface area contributed by atoms with E-state index in [0.29, 0.717) is 17.4 Å². The lowest BCUT2D eigenvalue weighted by molar-refractivity contribution is 0.248. The molecule has 1 N–H and O–H groups in total. The highest BCUT2D eigenvalue weighted by atomic mass is 16.5. The Morgan fingerprint density at radius 2 is 1.79 bits per heavy atom. The third-order valence-corrected chi connectivity index (χ3v) is 6.40. The van der Waals surface area contributed by atoms with Gasteiger partial charge in [-0.3, -0.25) is 4.90 Å². The van der Waals surface area contributed by atoms with Crippen LogP contribution in [0.2, 0.25) is 0 Å². The molecule has 1 saturated carbocycles. The van der Waals surface area contributed by atoms with Crippen molar-refractivity contribution in [3.63, 3.8) is 0 Å². The molecule has 0 bridgehead atoms. The normalized spacial score (nSPS) is 16.8. The van der Waals surface area contributed by atoms with Crippen molar-refractivity contribution in [2.45, 2.75) is 18.9 Å². The average molecular weight is 443 g/mol. The van der Waals surface area contributed by atoms with E-state index in [1.54, 1.807) is 24.0 Å². The molecule has 1 aliphatic heterocycles. The number of rotatable bonds is 6. The first kappa shape index (κ1) is 19.9. The molecule has 4 heterocycles. The predicted molar refractivity (Wildman–Crippen MR) is 127 cm³/mol. The molecule has 0 amide bonds. The van der Waals surface area contributed by atoms with Gasteiger partial charge >= 0.3 is 0 Å². The van der Waals surface area contributed by atoms with Gasteiger partial charge in [0.15, 0.2) is 11.5 Å². The summed E-state index contributed by atoms with van der Waals surface area (Å²) in [5, 5.41) is 7.83. The quantitative estimate of drug-likeness (QED) is 0.487. The minimum Gasteiger partial charge on any atom is -0.481 e. The summed E-state index contributed by atoms with van der Waals surface area (Å²) in [6.07, 6.45) is 7.78. The second-order valence-electron chi connectivity index (χ2n) is 8.50. The highest BCUT2D eigenvalue weighted by molar-refractivity contribution is 5.75. The van der Waals surface area contributed by atoms with Crippen LogP contribution in [0.5, 0.6) is 5.88 Å². The zero-order valence-electron chi connectivity index (χ0n) is 18.6. The number of hydrogen-bond donors (Lipinski definition) is 1. The highest BCUT2D eigenvalue weighted by Crippen LogP contribution is 2.30. The number of ether oxygens (including phenoxy) is 1. The molecule has 0 radical (unpaired) electrons. The zero-order valence-corrected chi connectivity index (χ0v) is 18.6. The lowest BCUT2D eigenvalue weighted by atomic mass is 10.2. The molecule has 33 heavy (non-hydrogen) atoms. The lowest BCUT2D eigenvalue weighted by Crippen LogP contribution is -2.47. The number of nitrogens with zero attached hydrogens (tertiary/aromatic N) is 7. The summed E-state index contributed by atoms with van der Waals surface area (Å²) in [5.74, 6) is 1.20. The number of fused-ring (bicyclic) bond motifs is 1. The molecule has 2 fully saturated rings. The Bertz CT molecular complexity index is 1260. The van der Waals surface area contributed by atoms with E-state index in [1.165, 1.54) is 24.9 Å². The Labute approximate surface area is 192 Å². The molecule has 0 spiro atoms. The Hall–Kier alpha value is -3.72. The molecule has 6 rings (SSSR count). The summed E-state index contributed by atoms with van der Waals surface area (Å²) in [6.45, 7) is 4.51. The molecular weight excluding hydrogens is 416 g/mol. The van der Waals surface area contributed by atoms with Crippen molar-refractivity contribution < 1.29 is 4.74 Å². The number of nitrogens with one attached hydrogen (secondary N) is 1. The molecule has 9 nitrogen and oxygen atoms in total. The fourth-order valence-electron chi connectivity index (χ4n) is 4.46. The van der Waals surface area contributed by atoms with Crippen molar-refractivity contribution in [3.8, 4) is 17.3 Å². The average Bonchev–Trinajstić information content (AvgIpc) is 3.61. The summed E-state index contributed by atoms with van der Waals surface area (Å²) >= 11 is 0. The number of hydrogen-bond acceptors (Lipinski definition) is 8. The van der Waals surface area contributed by atoms with Gasteiger partial charge in [0.1, 0.15) is 12.0 Å². The van der Waals surface area contributed by atoms with E-state index in [4.69, 9.17) is 4.74 Å². The maximum Gasteiger partial charge on any atom is 0.213 e. The van der Waals surface area contributed by atoms with Crippen LogP contribution in [0.1, 0.15) is 12.8 Å². The number of piperazine rings is 1. The highest BCUT2D eigenvalue weighted by Gasteiger charge is 2.31. The van der Waals surface area contributed by atoms with E-state index in [1.807, 2.05) is 12.1 Å². The molecule has 1 aromatic carbocycles. The van der Waals surface area contributed by atoms with Crippen molar-refractivity contribution >= 4 is 22.7 Å². The van der Waals surface area contributed by atoms with Crippen molar-refractivity contribution in [2.75, 3.05) is 43.5 Å². The minimum atomic E-state index is 0.527. The molecule has 2 aliphatic rings. The molecule has 168 valence electrons. The predicted octanol–water partition coefficient (Wildman–Crippen LogP) is 3.22. The molecule has 4 aromatic rings. The molecule has 1 saturated heterocycles. The van der Waals surface area contributed by atoms with Crippen molar-refractivity contribution in [2.24, 2.45) is 0 Å². The molecule has 0 unspecified atom stereocenters. The minimum absolute atomic E-state index is 0.527. The van der Waals surface area contributed by atoms with Crippen LogP contribution in [0.3, 0.4) is 0 Å². The third kappa shape index (κ3) is 3.95. The maximum absolute atomic E-state index is 5.24. The molecular formula is C24H26N8O. The maximum atomic E-state index is 5.24.